The summed E-state index contributed by atoms with van der Waals surface area (Å²) in [5.41, 5.74) is 0.212. The smallest absolute Gasteiger partial charge is 0.296 e. The standard InChI is InChI=1S/C31H26Cl3N5O6S2/c1-19-29(31(41)39(37(19)2)21-9-5-4-6-10-21)38(3)47(44,45)22-14-16-24(32)23(18-22)30(40)35-20-13-15-26(34)28(17-20)46(42,43)36-27-12-8-7-11-25(27)33/h4-18,36H,1-3H3,(H,35,40). The Kier molecular flexibility index (Phi) is 9.49. The van der Waals surface area contributed by atoms with E-state index in [0.29, 0.717) is 11.4 Å². The Bertz CT molecular complexity index is 2310. The maximum atomic E-state index is 13.8. The van der Waals surface area contributed by atoms with Gasteiger partial charge in [-0.25, -0.2) is 21.5 Å². The zero-order valence-corrected chi connectivity index (χ0v) is 28.8. The van der Waals surface area contributed by atoms with Gasteiger partial charge >= 0.3 is 0 Å². The van der Waals surface area contributed by atoms with Gasteiger partial charge in [0.2, 0.25) is 0 Å². The van der Waals surface area contributed by atoms with E-state index >= 15 is 0 Å². The Morgan fingerprint density at radius 2 is 1.45 bits per heavy atom. The molecule has 0 aliphatic rings. The van der Waals surface area contributed by atoms with Crippen molar-refractivity contribution in [1.82, 2.24) is 9.36 Å². The molecule has 0 saturated heterocycles. The van der Waals surface area contributed by atoms with Crippen molar-refractivity contribution in [3.8, 4) is 5.69 Å². The highest BCUT2D eigenvalue weighted by atomic mass is 35.5. The van der Waals surface area contributed by atoms with E-state index in [1.165, 1.54) is 48.1 Å². The van der Waals surface area contributed by atoms with E-state index < -0.39 is 31.5 Å². The summed E-state index contributed by atoms with van der Waals surface area (Å²) in [5, 5.41) is 2.50. The normalized spacial score (nSPS) is 11.7. The SMILES string of the molecule is Cc1c(N(C)S(=O)(=O)c2ccc(Cl)c(C(=O)Nc3ccc(Cl)c(S(=O)(=O)Nc4ccccc4Cl)c3)c2)c(=O)n(-c2ccccc2)n1C. The lowest BCUT2D eigenvalue weighted by molar-refractivity contribution is 0.102. The molecule has 11 nitrogen and oxygen atoms in total. The van der Waals surface area contributed by atoms with Crippen molar-refractivity contribution in [3.63, 3.8) is 0 Å². The van der Waals surface area contributed by atoms with Crippen molar-refractivity contribution in [2.24, 2.45) is 7.05 Å². The first-order valence-electron chi connectivity index (χ1n) is 13.6. The molecule has 0 atom stereocenters. The zero-order valence-electron chi connectivity index (χ0n) is 24.9. The minimum absolute atomic E-state index is 0.0294. The summed E-state index contributed by atoms with van der Waals surface area (Å²) in [5.74, 6) is -0.832. The van der Waals surface area contributed by atoms with Gasteiger partial charge < -0.3 is 5.32 Å². The second kappa shape index (κ2) is 13.1. The fourth-order valence-corrected chi connectivity index (χ4v) is 8.09. The number of benzene rings is 4. The minimum atomic E-state index is -4.38. The highest BCUT2D eigenvalue weighted by Crippen LogP contribution is 2.31. The summed E-state index contributed by atoms with van der Waals surface area (Å²) in [7, 11) is -5.74. The van der Waals surface area contributed by atoms with E-state index in [9.17, 15) is 26.4 Å². The lowest BCUT2D eigenvalue weighted by Crippen LogP contribution is -2.32. The van der Waals surface area contributed by atoms with Crippen molar-refractivity contribution in [2.45, 2.75) is 16.7 Å². The average molecular weight is 735 g/mol. The first-order chi connectivity index (χ1) is 22.1. The Labute approximate surface area is 286 Å². The maximum absolute atomic E-state index is 13.8. The van der Waals surface area contributed by atoms with Gasteiger partial charge in [0, 0.05) is 19.8 Å². The van der Waals surface area contributed by atoms with Gasteiger partial charge in [-0.15, -0.1) is 0 Å². The molecule has 0 saturated carbocycles. The first kappa shape index (κ1) is 34.1. The van der Waals surface area contributed by atoms with E-state index in [-0.39, 0.29) is 47.5 Å². The number of anilines is 3. The number of halogens is 3. The number of carbonyl (C=O) groups is 1. The average Bonchev–Trinajstić information content (AvgIpc) is 3.25. The Hall–Kier alpha value is -4.27. The molecular weight excluding hydrogens is 709 g/mol. The van der Waals surface area contributed by atoms with E-state index in [1.54, 1.807) is 61.1 Å². The van der Waals surface area contributed by atoms with Gasteiger partial charge in [-0.1, -0.05) is 65.1 Å². The van der Waals surface area contributed by atoms with Crippen molar-refractivity contribution in [3.05, 3.63) is 128 Å². The lowest BCUT2D eigenvalue weighted by atomic mass is 10.2. The summed E-state index contributed by atoms with van der Waals surface area (Å²) < 4.78 is 60.0. The Morgan fingerprint density at radius 3 is 2.13 bits per heavy atom. The number of hydrogen-bond donors (Lipinski definition) is 2. The van der Waals surface area contributed by atoms with Crippen LogP contribution in [0.2, 0.25) is 15.1 Å². The third-order valence-electron chi connectivity index (χ3n) is 7.28. The Balaban J connectivity index is 1.45. The summed E-state index contributed by atoms with van der Waals surface area (Å²) in [6.07, 6.45) is 0. The van der Waals surface area contributed by atoms with E-state index in [4.69, 9.17) is 34.8 Å². The highest BCUT2D eigenvalue weighted by Gasteiger charge is 2.30. The van der Waals surface area contributed by atoms with Gasteiger partial charge in [0.25, 0.3) is 31.5 Å². The molecule has 0 bridgehead atoms. The quantitative estimate of drug-likeness (QED) is 0.182. The summed E-state index contributed by atoms with van der Waals surface area (Å²) >= 11 is 18.6. The molecule has 0 aliphatic carbocycles. The fraction of sp³-hybridized carbons (Fsp3) is 0.0968. The van der Waals surface area contributed by atoms with Crippen LogP contribution in [0.1, 0.15) is 16.1 Å². The third kappa shape index (κ3) is 6.62. The van der Waals surface area contributed by atoms with Gasteiger partial charge in [-0.3, -0.25) is 23.3 Å². The molecule has 1 aromatic heterocycles. The van der Waals surface area contributed by atoms with Crippen LogP contribution in [0.15, 0.2) is 106 Å². The maximum Gasteiger partial charge on any atom is 0.296 e. The molecule has 2 N–H and O–H groups in total. The molecule has 1 heterocycles. The van der Waals surface area contributed by atoms with E-state index in [1.807, 2.05) is 0 Å². The lowest BCUT2D eigenvalue weighted by Gasteiger charge is -2.19. The summed E-state index contributed by atoms with van der Waals surface area (Å²) in [6.45, 7) is 1.62. The molecular formula is C31H26Cl3N5O6S2. The molecule has 4 aromatic carbocycles. The van der Waals surface area contributed by atoms with Crippen LogP contribution in [-0.4, -0.2) is 39.2 Å². The molecule has 5 aromatic rings. The summed E-state index contributed by atoms with van der Waals surface area (Å²) in [4.78, 5) is 26.2. The van der Waals surface area contributed by atoms with Crippen molar-refractivity contribution >= 4 is 77.8 Å². The predicted molar refractivity (Wildman–Crippen MR) is 184 cm³/mol. The third-order valence-corrected chi connectivity index (χ3v) is 11.5. The van der Waals surface area contributed by atoms with Gasteiger partial charge in [0.15, 0.2) is 0 Å². The van der Waals surface area contributed by atoms with Crippen molar-refractivity contribution < 1.29 is 21.6 Å². The number of sulfonamides is 2. The molecule has 0 spiro atoms. The van der Waals surface area contributed by atoms with Crippen LogP contribution in [0.25, 0.3) is 5.69 Å². The van der Waals surface area contributed by atoms with Crippen LogP contribution in [0.3, 0.4) is 0 Å². The molecule has 0 aliphatic heterocycles. The van der Waals surface area contributed by atoms with Gasteiger partial charge in [-0.05, 0) is 67.6 Å². The van der Waals surface area contributed by atoms with Crippen molar-refractivity contribution in [2.75, 3.05) is 21.4 Å². The molecule has 1 amide bonds. The number of amides is 1. The second-order valence-corrected chi connectivity index (χ2v) is 15.1. The predicted octanol–water partition coefficient (Wildman–Crippen LogP) is 6.32. The first-order valence-corrected chi connectivity index (χ1v) is 17.7. The Morgan fingerprint density at radius 1 is 0.809 bits per heavy atom. The molecule has 0 radical (unpaired) electrons. The highest BCUT2D eigenvalue weighted by molar-refractivity contribution is 7.93. The van der Waals surface area contributed by atoms with Gasteiger partial charge in [0.05, 0.1) is 42.6 Å². The molecule has 0 unspecified atom stereocenters. The number of nitrogens with one attached hydrogen (secondary N) is 2. The number of para-hydroxylation sites is 2. The van der Waals surface area contributed by atoms with Gasteiger partial charge in [0.1, 0.15) is 10.6 Å². The molecule has 5 rings (SSSR count). The second-order valence-electron chi connectivity index (χ2n) is 10.2. The number of carbonyl (C=O) groups excluding carboxylic acids is 1. The van der Waals surface area contributed by atoms with Gasteiger partial charge in [-0.2, -0.15) is 0 Å². The number of hydrogen-bond acceptors (Lipinski definition) is 6. The van der Waals surface area contributed by atoms with E-state index in [0.717, 1.165) is 16.4 Å². The molecule has 0 fully saturated rings. The van der Waals surface area contributed by atoms with E-state index in [2.05, 4.69) is 10.0 Å². The number of rotatable bonds is 9. The zero-order chi connectivity index (χ0) is 34.3. The van der Waals surface area contributed by atoms with Crippen LogP contribution >= 0.6 is 34.8 Å². The number of aromatic nitrogens is 2. The van der Waals surface area contributed by atoms with Crippen molar-refractivity contribution in [1.29, 1.82) is 0 Å². The summed E-state index contributed by atoms with van der Waals surface area (Å²) in [6, 6.07) is 22.3. The van der Waals surface area contributed by atoms with Crippen LogP contribution < -0.4 is 19.9 Å². The fourth-order valence-electron chi connectivity index (χ4n) is 4.76. The largest absolute Gasteiger partial charge is 0.322 e. The molecule has 16 heteroatoms. The topological polar surface area (TPSA) is 140 Å². The van der Waals surface area contributed by atoms with Crippen LogP contribution in [-0.2, 0) is 27.1 Å². The molecule has 47 heavy (non-hydrogen) atoms. The molecule has 244 valence electrons. The van der Waals surface area contributed by atoms with Crippen LogP contribution in [0.4, 0.5) is 17.1 Å². The van der Waals surface area contributed by atoms with Crippen LogP contribution in [0, 0.1) is 6.92 Å². The minimum Gasteiger partial charge on any atom is -0.322 e. The van der Waals surface area contributed by atoms with Crippen LogP contribution in [0.5, 0.6) is 0 Å². The monoisotopic (exact) mass is 733 g/mol. The number of nitrogens with zero attached hydrogens (tertiary/aromatic N) is 3.